The summed E-state index contributed by atoms with van der Waals surface area (Å²) in [5, 5.41) is 10.7. The van der Waals surface area contributed by atoms with Gasteiger partial charge in [-0.3, -0.25) is 4.57 Å². The standard InChI is InChI=1S/C21H14ClN3O3/c1-13-18(16(11-23)20(28-13)25-8-4-5-9-25)21(26)27-12-15-10-14-6-2-3-7-17(14)24-19(15)22/h2-10H,12H2,1H3. The lowest BCUT2D eigenvalue weighted by Crippen LogP contribution is -2.08. The summed E-state index contributed by atoms with van der Waals surface area (Å²) in [4.78, 5) is 17.0. The summed E-state index contributed by atoms with van der Waals surface area (Å²) in [7, 11) is 0. The van der Waals surface area contributed by atoms with E-state index in [2.05, 4.69) is 4.98 Å². The first-order valence-electron chi connectivity index (χ1n) is 8.46. The number of esters is 1. The van der Waals surface area contributed by atoms with Crippen molar-refractivity contribution in [2.45, 2.75) is 13.5 Å². The number of hydrogen-bond donors (Lipinski definition) is 0. The van der Waals surface area contributed by atoms with Crippen LogP contribution < -0.4 is 0 Å². The molecule has 4 aromatic rings. The van der Waals surface area contributed by atoms with Crippen molar-refractivity contribution in [1.29, 1.82) is 5.26 Å². The summed E-state index contributed by atoms with van der Waals surface area (Å²) in [6, 6.07) is 15.0. The number of rotatable bonds is 4. The maximum atomic E-state index is 12.7. The normalized spacial score (nSPS) is 10.8. The number of hydrogen-bond acceptors (Lipinski definition) is 5. The molecule has 3 heterocycles. The van der Waals surface area contributed by atoms with Gasteiger partial charge in [-0.25, -0.2) is 9.78 Å². The van der Waals surface area contributed by atoms with Crippen molar-refractivity contribution in [2.75, 3.05) is 0 Å². The number of para-hydroxylation sites is 1. The van der Waals surface area contributed by atoms with Gasteiger partial charge in [-0.2, -0.15) is 5.26 Å². The molecule has 0 spiro atoms. The van der Waals surface area contributed by atoms with Crippen molar-refractivity contribution in [3.63, 3.8) is 0 Å². The highest BCUT2D eigenvalue weighted by atomic mass is 35.5. The van der Waals surface area contributed by atoms with E-state index in [4.69, 9.17) is 20.8 Å². The van der Waals surface area contributed by atoms with E-state index >= 15 is 0 Å². The fraction of sp³-hybridized carbons (Fsp3) is 0.0952. The Morgan fingerprint density at radius 2 is 2.04 bits per heavy atom. The molecule has 4 rings (SSSR count). The van der Waals surface area contributed by atoms with Gasteiger partial charge in [-0.15, -0.1) is 0 Å². The van der Waals surface area contributed by atoms with E-state index in [0.29, 0.717) is 11.3 Å². The predicted octanol–water partition coefficient (Wildman–Crippen LogP) is 4.81. The van der Waals surface area contributed by atoms with Crippen LogP contribution in [-0.4, -0.2) is 15.5 Å². The fourth-order valence-corrected chi connectivity index (χ4v) is 3.18. The molecule has 6 nitrogen and oxygen atoms in total. The topological polar surface area (TPSA) is 81.0 Å². The van der Waals surface area contributed by atoms with Gasteiger partial charge in [0.25, 0.3) is 0 Å². The van der Waals surface area contributed by atoms with Crippen LogP contribution in [0.3, 0.4) is 0 Å². The van der Waals surface area contributed by atoms with Crippen LogP contribution in [0.5, 0.6) is 0 Å². The van der Waals surface area contributed by atoms with Crippen molar-refractivity contribution in [2.24, 2.45) is 0 Å². The van der Waals surface area contributed by atoms with Crippen LogP contribution in [0.25, 0.3) is 16.8 Å². The molecule has 0 saturated carbocycles. The minimum absolute atomic E-state index is 0.0656. The van der Waals surface area contributed by atoms with E-state index in [0.717, 1.165) is 10.9 Å². The molecule has 7 heteroatoms. The second kappa shape index (κ2) is 7.22. The monoisotopic (exact) mass is 391 g/mol. The number of halogens is 1. The van der Waals surface area contributed by atoms with Crippen LogP contribution >= 0.6 is 11.6 Å². The molecule has 0 atom stereocenters. The SMILES string of the molecule is Cc1oc(-n2cccc2)c(C#N)c1C(=O)OCc1cc2ccccc2nc1Cl. The maximum Gasteiger partial charge on any atom is 0.343 e. The zero-order valence-electron chi connectivity index (χ0n) is 14.8. The van der Waals surface area contributed by atoms with E-state index < -0.39 is 5.97 Å². The lowest BCUT2D eigenvalue weighted by Gasteiger charge is -2.07. The molecule has 0 N–H and O–H groups in total. The zero-order valence-corrected chi connectivity index (χ0v) is 15.6. The minimum atomic E-state index is -0.652. The van der Waals surface area contributed by atoms with Gasteiger partial charge in [0.05, 0.1) is 5.52 Å². The van der Waals surface area contributed by atoms with Crippen LogP contribution in [0.2, 0.25) is 5.15 Å². The summed E-state index contributed by atoms with van der Waals surface area (Å²) in [6.45, 7) is 1.55. The van der Waals surface area contributed by atoms with Crippen LogP contribution in [0.1, 0.15) is 27.2 Å². The van der Waals surface area contributed by atoms with E-state index in [9.17, 15) is 10.1 Å². The van der Waals surface area contributed by atoms with Gasteiger partial charge < -0.3 is 9.15 Å². The van der Waals surface area contributed by atoms with Gasteiger partial charge in [0.1, 0.15) is 34.7 Å². The van der Waals surface area contributed by atoms with Crippen LogP contribution in [0.15, 0.2) is 59.3 Å². The molecule has 0 bridgehead atoms. The first-order valence-corrected chi connectivity index (χ1v) is 8.84. The molecule has 0 aliphatic rings. The Morgan fingerprint density at radius 3 is 2.79 bits per heavy atom. The van der Waals surface area contributed by atoms with Gasteiger partial charge in [-0.1, -0.05) is 29.8 Å². The van der Waals surface area contributed by atoms with Crippen LogP contribution in [-0.2, 0) is 11.3 Å². The Labute approximate surface area is 165 Å². The number of aromatic nitrogens is 2. The number of ether oxygens (including phenoxy) is 1. The number of nitrogens with zero attached hydrogens (tertiary/aromatic N) is 3. The Hall–Kier alpha value is -3.56. The number of carbonyl (C=O) groups excluding carboxylic acids is 1. The third-order valence-electron chi connectivity index (χ3n) is 4.33. The Morgan fingerprint density at radius 1 is 1.29 bits per heavy atom. The molecule has 1 aromatic carbocycles. The van der Waals surface area contributed by atoms with E-state index in [1.165, 1.54) is 0 Å². The summed E-state index contributed by atoms with van der Waals surface area (Å²) in [5.41, 5.74) is 1.58. The van der Waals surface area contributed by atoms with Gasteiger partial charge in [-0.05, 0) is 31.2 Å². The Kier molecular flexibility index (Phi) is 4.60. The lowest BCUT2D eigenvalue weighted by atomic mass is 10.1. The summed E-state index contributed by atoms with van der Waals surface area (Å²) < 4.78 is 12.7. The second-order valence-electron chi connectivity index (χ2n) is 6.12. The first-order chi connectivity index (χ1) is 13.6. The molecule has 138 valence electrons. The number of nitriles is 1. The highest BCUT2D eigenvalue weighted by Crippen LogP contribution is 2.27. The molecule has 0 fully saturated rings. The summed E-state index contributed by atoms with van der Waals surface area (Å²) in [5.74, 6) is -0.0595. The Bertz CT molecular complexity index is 1220. The molecular formula is C21H14ClN3O3. The number of carbonyl (C=O) groups is 1. The third-order valence-corrected chi connectivity index (χ3v) is 4.66. The number of pyridine rings is 1. The smallest absolute Gasteiger partial charge is 0.343 e. The van der Waals surface area contributed by atoms with Crippen molar-refractivity contribution < 1.29 is 13.9 Å². The van der Waals surface area contributed by atoms with Crippen molar-refractivity contribution in [1.82, 2.24) is 9.55 Å². The van der Waals surface area contributed by atoms with Crippen LogP contribution in [0.4, 0.5) is 0 Å². The molecule has 0 radical (unpaired) electrons. The van der Waals surface area contributed by atoms with E-state index in [1.807, 2.05) is 36.4 Å². The quantitative estimate of drug-likeness (QED) is 0.368. The average Bonchev–Trinajstić information content (AvgIpc) is 3.33. The Balaban J connectivity index is 1.61. The molecule has 0 aliphatic heterocycles. The molecule has 28 heavy (non-hydrogen) atoms. The average molecular weight is 392 g/mol. The highest BCUT2D eigenvalue weighted by molar-refractivity contribution is 6.30. The van der Waals surface area contributed by atoms with E-state index in [-0.39, 0.29) is 28.8 Å². The number of furan rings is 1. The van der Waals surface area contributed by atoms with Gasteiger partial charge in [0.15, 0.2) is 0 Å². The molecular weight excluding hydrogens is 378 g/mol. The third kappa shape index (κ3) is 3.13. The molecule has 0 amide bonds. The summed E-state index contributed by atoms with van der Waals surface area (Å²) >= 11 is 6.22. The van der Waals surface area contributed by atoms with Crippen LogP contribution in [0, 0.1) is 18.3 Å². The molecule has 3 aromatic heterocycles. The number of benzene rings is 1. The number of aryl methyl sites for hydroxylation is 1. The second-order valence-corrected chi connectivity index (χ2v) is 6.48. The largest absolute Gasteiger partial charge is 0.457 e. The predicted molar refractivity (Wildman–Crippen MR) is 103 cm³/mol. The van der Waals surface area contributed by atoms with Crippen molar-refractivity contribution in [3.8, 4) is 12.0 Å². The van der Waals surface area contributed by atoms with Crippen molar-refractivity contribution in [3.05, 3.63) is 82.5 Å². The fourth-order valence-electron chi connectivity index (χ4n) is 2.98. The van der Waals surface area contributed by atoms with Gasteiger partial charge in [0, 0.05) is 23.3 Å². The van der Waals surface area contributed by atoms with Gasteiger partial charge >= 0.3 is 5.97 Å². The highest BCUT2D eigenvalue weighted by Gasteiger charge is 2.26. The molecule has 0 unspecified atom stereocenters. The first kappa shape index (κ1) is 17.8. The zero-order chi connectivity index (χ0) is 19.7. The van der Waals surface area contributed by atoms with Gasteiger partial charge in [0.2, 0.25) is 5.88 Å². The lowest BCUT2D eigenvalue weighted by molar-refractivity contribution is 0.0470. The summed E-state index contributed by atoms with van der Waals surface area (Å²) in [6.07, 6.45) is 3.46. The maximum absolute atomic E-state index is 12.7. The minimum Gasteiger partial charge on any atom is -0.457 e. The van der Waals surface area contributed by atoms with E-state index in [1.54, 1.807) is 36.0 Å². The number of fused-ring (bicyclic) bond motifs is 1. The molecule has 0 saturated heterocycles. The van der Waals surface area contributed by atoms with Crippen molar-refractivity contribution >= 4 is 28.5 Å². The molecule has 0 aliphatic carbocycles.